The predicted octanol–water partition coefficient (Wildman–Crippen LogP) is 3.26. The average Bonchev–Trinajstić information content (AvgIpc) is 3.20. The smallest absolute Gasteiger partial charge is 0.341 e. The van der Waals surface area contributed by atoms with Gasteiger partial charge in [0, 0.05) is 18.1 Å². The number of nitrogens with zero attached hydrogens (tertiary/aromatic N) is 4. The van der Waals surface area contributed by atoms with Gasteiger partial charge in [-0.25, -0.2) is 18.3 Å². The van der Waals surface area contributed by atoms with E-state index in [1.54, 1.807) is 41.3 Å². The van der Waals surface area contributed by atoms with Gasteiger partial charge in [-0.15, -0.1) is 5.10 Å². The molecular weight excluding hydrogens is 406 g/mol. The number of carboxylic acid groups (broad SMARTS) is 1. The van der Waals surface area contributed by atoms with Crippen molar-refractivity contribution in [1.82, 2.24) is 19.6 Å². The van der Waals surface area contributed by atoms with Crippen LogP contribution in [0.3, 0.4) is 0 Å². The highest BCUT2D eigenvalue weighted by Crippen LogP contribution is 2.29. The lowest BCUT2D eigenvalue weighted by atomic mass is 10.1. The van der Waals surface area contributed by atoms with Crippen molar-refractivity contribution < 1.29 is 18.7 Å². The predicted molar refractivity (Wildman–Crippen MR) is 101 cm³/mol. The maximum Gasteiger partial charge on any atom is 0.341 e. The van der Waals surface area contributed by atoms with Crippen LogP contribution in [0.5, 0.6) is 0 Å². The van der Waals surface area contributed by atoms with Crippen LogP contribution in [0.25, 0.3) is 16.6 Å². The quantitative estimate of drug-likeness (QED) is 0.516. The zero-order valence-corrected chi connectivity index (χ0v) is 15.3. The van der Waals surface area contributed by atoms with Gasteiger partial charge >= 0.3 is 5.97 Å². The molecule has 0 aliphatic carbocycles. The van der Waals surface area contributed by atoms with Crippen LogP contribution in [0.2, 0.25) is 5.02 Å². The number of fused-ring (bicyclic) bond motifs is 1. The molecule has 10 heteroatoms. The minimum atomic E-state index is -1.49. The second-order valence-electron chi connectivity index (χ2n) is 6.20. The van der Waals surface area contributed by atoms with E-state index in [1.807, 2.05) is 0 Å². The molecule has 0 aliphatic rings. The van der Waals surface area contributed by atoms with Gasteiger partial charge in [0.05, 0.1) is 23.6 Å². The lowest BCUT2D eigenvalue weighted by Gasteiger charge is -2.15. The molecule has 2 heterocycles. The largest absolute Gasteiger partial charge is 0.477 e. The second-order valence-corrected chi connectivity index (χ2v) is 6.57. The van der Waals surface area contributed by atoms with Gasteiger partial charge < -0.3 is 9.67 Å². The number of hydrogen-bond donors (Lipinski definition) is 1. The zero-order valence-electron chi connectivity index (χ0n) is 14.5. The minimum Gasteiger partial charge on any atom is -0.477 e. The molecule has 0 unspecified atom stereocenters. The molecule has 0 amide bonds. The number of rotatable bonds is 4. The Morgan fingerprint density at radius 1 is 1.21 bits per heavy atom. The van der Waals surface area contributed by atoms with Crippen LogP contribution in [0.4, 0.5) is 8.78 Å². The molecule has 146 valence electrons. The number of aromatic nitrogens is 4. The molecule has 4 rings (SSSR count). The summed E-state index contributed by atoms with van der Waals surface area (Å²) in [6.07, 6.45) is 4.28. The van der Waals surface area contributed by atoms with Gasteiger partial charge in [0.2, 0.25) is 5.43 Å². The monoisotopic (exact) mass is 416 g/mol. The van der Waals surface area contributed by atoms with Crippen LogP contribution in [-0.4, -0.2) is 30.6 Å². The first kappa shape index (κ1) is 18.8. The number of benzene rings is 2. The Bertz CT molecular complexity index is 1300. The van der Waals surface area contributed by atoms with Crippen molar-refractivity contribution in [2.75, 3.05) is 0 Å². The van der Waals surface area contributed by atoms with Crippen LogP contribution in [0.1, 0.15) is 15.9 Å². The summed E-state index contributed by atoms with van der Waals surface area (Å²) in [5.41, 5.74) is -0.387. The Labute approximate surface area is 166 Å². The van der Waals surface area contributed by atoms with Gasteiger partial charge in [-0.1, -0.05) is 28.9 Å². The van der Waals surface area contributed by atoms with E-state index in [1.165, 1.54) is 4.57 Å². The fraction of sp³-hybridized carbons (Fsp3) is 0.0526. The van der Waals surface area contributed by atoms with E-state index in [4.69, 9.17) is 11.6 Å². The van der Waals surface area contributed by atoms with Crippen molar-refractivity contribution in [2.24, 2.45) is 0 Å². The Morgan fingerprint density at radius 3 is 2.55 bits per heavy atom. The molecule has 0 bridgehead atoms. The van der Waals surface area contributed by atoms with Gasteiger partial charge in [-0.05, 0) is 23.8 Å². The molecule has 4 aromatic rings. The fourth-order valence-electron chi connectivity index (χ4n) is 3.01. The second kappa shape index (κ2) is 7.10. The number of carboxylic acids is 1. The summed E-state index contributed by atoms with van der Waals surface area (Å²) in [5.74, 6) is -4.15. The average molecular weight is 417 g/mol. The molecule has 0 fully saturated rings. The van der Waals surface area contributed by atoms with Crippen LogP contribution < -0.4 is 5.43 Å². The lowest BCUT2D eigenvalue weighted by Crippen LogP contribution is -2.19. The third kappa shape index (κ3) is 3.25. The summed E-state index contributed by atoms with van der Waals surface area (Å²) in [6, 6.07) is 7.42. The number of pyridine rings is 1. The number of carbonyl (C=O) groups is 1. The van der Waals surface area contributed by atoms with E-state index in [2.05, 4.69) is 10.3 Å². The Balaban J connectivity index is 1.92. The third-order valence-corrected chi connectivity index (χ3v) is 4.73. The van der Waals surface area contributed by atoms with Crippen molar-refractivity contribution in [3.63, 3.8) is 0 Å². The molecule has 0 saturated heterocycles. The molecule has 0 aliphatic heterocycles. The van der Waals surface area contributed by atoms with Crippen LogP contribution >= 0.6 is 11.6 Å². The molecule has 0 saturated carbocycles. The lowest BCUT2D eigenvalue weighted by molar-refractivity contribution is 0.0695. The first-order valence-electron chi connectivity index (χ1n) is 8.26. The minimum absolute atomic E-state index is 0.121. The maximum absolute atomic E-state index is 14.1. The molecule has 2 aromatic heterocycles. The van der Waals surface area contributed by atoms with E-state index >= 15 is 0 Å². The SMILES string of the molecule is O=C(O)c1cn(-c2ccc(Cn3ccnn3)cc2)c2c(Cl)c(F)c(F)cc2c1=O. The van der Waals surface area contributed by atoms with Crippen molar-refractivity contribution in [3.05, 3.63) is 86.9 Å². The number of hydrogen-bond acceptors (Lipinski definition) is 4. The highest BCUT2D eigenvalue weighted by Gasteiger charge is 2.21. The van der Waals surface area contributed by atoms with E-state index < -0.39 is 33.6 Å². The van der Waals surface area contributed by atoms with Gasteiger partial charge in [0.25, 0.3) is 0 Å². The van der Waals surface area contributed by atoms with Gasteiger partial charge in [0.15, 0.2) is 11.6 Å². The van der Waals surface area contributed by atoms with E-state index in [0.717, 1.165) is 11.8 Å². The Kier molecular flexibility index (Phi) is 4.59. The zero-order chi connectivity index (χ0) is 20.7. The van der Waals surface area contributed by atoms with Gasteiger partial charge in [-0.3, -0.25) is 4.79 Å². The Morgan fingerprint density at radius 2 is 1.93 bits per heavy atom. The fourth-order valence-corrected chi connectivity index (χ4v) is 3.30. The van der Waals surface area contributed by atoms with E-state index in [9.17, 15) is 23.5 Å². The molecule has 7 nitrogen and oxygen atoms in total. The number of halogens is 3. The summed E-state index contributed by atoms with van der Waals surface area (Å²) in [7, 11) is 0. The summed E-state index contributed by atoms with van der Waals surface area (Å²) < 4.78 is 30.8. The summed E-state index contributed by atoms with van der Waals surface area (Å²) >= 11 is 5.98. The Hall–Kier alpha value is -3.59. The third-order valence-electron chi connectivity index (χ3n) is 4.39. The maximum atomic E-state index is 14.1. The topological polar surface area (TPSA) is 90.0 Å². The van der Waals surface area contributed by atoms with Gasteiger partial charge in [-0.2, -0.15) is 0 Å². The normalized spacial score (nSPS) is 11.1. The van der Waals surface area contributed by atoms with E-state index in [0.29, 0.717) is 18.3 Å². The van der Waals surface area contributed by atoms with Crippen molar-refractivity contribution in [2.45, 2.75) is 6.54 Å². The molecule has 1 N–H and O–H groups in total. The van der Waals surface area contributed by atoms with Crippen LogP contribution in [-0.2, 0) is 6.54 Å². The van der Waals surface area contributed by atoms with Gasteiger partial charge in [0.1, 0.15) is 10.6 Å². The molecule has 2 aromatic carbocycles. The summed E-state index contributed by atoms with van der Waals surface area (Å²) in [4.78, 5) is 23.9. The van der Waals surface area contributed by atoms with Crippen LogP contribution in [0.15, 0.2) is 53.7 Å². The first-order chi connectivity index (χ1) is 13.9. The van der Waals surface area contributed by atoms with Crippen molar-refractivity contribution in [1.29, 1.82) is 0 Å². The molecular formula is C19H11ClF2N4O3. The van der Waals surface area contributed by atoms with Crippen LogP contribution in [0, 0.1) is 11.6 Å². The van der Waals surface area contributed by atoms with E-state index in [-0.39, 0.29) is 10.9 Å². The molecule has 0 radical (unpaired) electrons. The van der Waals surface area contributed by atoms with Crippen molar-refractivity contribution >= 4 is 28.5 Å². The summed E-state index contributed by atoms with van der Waals surface area (Å²) in [5, 5.41) is 16.0. The molecule has 0 atom stereocenters. The van der Waals surface area contributed by atoms with Crippen molar-refractivity contribution in [3.8, 4) is 5.69 Å². The first-order valence-corrected chi connectivity index (χ1v) is 8.64. The standard InChI is InChI=1S/C19H11ClF2N4O3/c20-15-16(22)14(21)7-12-17(15)26(9-13(18(12)27)19(28)29)11-3-1-10(2-4-11)8-25-6-5-23-24-25/h1-7,9H,8H2,(H,28,29). The number of aromatic carboxylic acids is 1. The highest BCUT2D eigenvalue weighted by molar-refractivity contribution is 6.35. The summed E-state index contributed by atoms with van der Waals surface area (Å²) in [6.45, 7) is 0.451. The molecule has 0 spiro atoms. The highest BCUT2D eigenvalue weighted by atomic mass is 35.5. The molecule has 29 heavy (non-hydrogen) atoms.